The van der Waals surface area contributed by atoms with Gasteiger partial charge in [0.1, 0.15) is 0 Å². The van der Waals surface area contributed by atoms with Crippen molar-refractivity contribution in [2.45, 2.75) is 137 Å². The van der Waals surface area contributed by atoms with Gasteiger partial charge >= 0.3 is 0 Å². The Bertz CT molecular complexity index is 666. The average molecular weight is 447 g/mol. The molecular weight excluding hydrogens is 392 g/mol. The Labute approximate surface area is 199 Å². The molecular formula is C30H54O2. The Morgan fingerprint density at radius 2 is 1.72 bits per heavy atom. The lowest BCUT2D eigenvalue weighted by Gasteiger charge is -2.62. The summed E-state index contributed by atoms with van der Waals surface area (Å²) in [7, 11) is 0. The first kappa shape index (κ1) is 25.0. The quantitative estimate of drug-likeness (QED) is 0.441. The molecule has 0 aromatic rings. The van der Waals surface area contributed by atoms with Gasteiger partial charge in [-0.25, -0.2) is 0 Å². The van der Waals surface area contributed by atoms with Gasteiger partial charge in [-0.05, 0) is 130 Å². The van der Waals surface area contributed by atoms with Gasteiger partial charge in [0.2, 0.25) is 0 Å². The van der Waals surface area contributed by atoms with Crippen molar-refractivity contribution in [3.63, 3.8) is 0 Å². The van der Waals surface area contributed by atoms with Gasteiger partial charge < -0.3 is 10.2 Å². The summed E-state index contributed by atoms with van der Waals surface area (Å²) in [6.07, 6.45) is 14.7. The standard InChI is InChI=1S/C30H54O2/c1-8-30(32)17-16-28(6)22(19-30)11-12-23-24(28)13-15-29(7)25(23)18-21(3)26(29)20(2)10-9-14-27(4,5)31/h20-26,31-32H,8-19H2,1-7H3/t20-,21-,22+,23?,24+,25+,26+,28+,29+,30+/m1/s1. The molecule has 1 unspecified atom stereocenters. The first-order valence-electron chi connectivity index (χ1n) is 14.3. The third-order valence-corrected chi connectivity index (χ3v) is 12.0. The minimum atomic E-state index is -0.524. The maximum atomic E-state index is 11.1. The Hall–Kier alpha value is -0.0800. The zero-order valence-electron chi connectivity index (χ0n) is 22.4. The molecule has 4 fully saturated rings. The van der Waals surface area contributed by atoms with Gasteiger partial charge in [-0.1, -0.05) is 47.5 Å². The monoisotopic (exact) mass is 446 g/mol. The molecule has 32 heavy (non-hydrogen) atoms. The summed E-state index contributed by atoms with van der Waals surface area (Å²) in [4.78, 5) is 0. The lowest BCUT2D eigenvalue weighted by molar-refractivity contribution is -0.153. The normalized spacial score (nSPS) is 49.8. The van der Waals surface area contributed by atoms with E-state index in [1.807, 2.05) is 13.8 Å². The third kappa shape index (κ3) is 4.23. The molecule has 0 amide bonds. The summed E-state index contributed by atoms with van der Waals surface area (Å²) >= 11 is 0. The lowest BCUT2D eigenvalue weighted by Crippen LogP contribution is -2.56. The van der Waals surface area contributed by atoms with Gasteiger partial charge in [-0.15, -0.1) is 0 Å². The van der Waals surface area contributed by atoms with Crippen molar-refractivity contribution < 1.29 is 10.2 Å². The van der Waals surface area contributed by atoms with Crippen LogP contribution in [0.3, 0.4) is 0 Å². The van der Waals surface area contributed by atoms with E-state index in [0.717, 1.165) is 73.5 Å². The summed E-state index contributed by atoms with van der Waals surface area (Å²) in [5, 5.41) is 21.2. The van der Waals surface area contributed by atoms with Crippen molar-refractivity contribution in [1.29, 1.82) is 0 Å². The molecule has 4 aliphatic carbocycles. The Kier molecular flexibility index (Phi) is 6.68. The van der Waals surface area contributed by atoms with E-state index >= 15 is 0 Å². The Morgan fingerprint density at radius 3 is 2.38 bits per heavy atom. The molecule has 0 aliphatic heterocycles. The maximum Gasteiger partial charge on any atom is 0.0648 e. The van der Waals surface area contributed by atoms with Crippen molar-refractivity contribution >= 4 is 0 Å². The maximum absolute atomic E-state index is 11.1. The van der Waals surface area contributed by atoms with Crippen molar-refractivity contribution in [1.82, 2.24) is 0 Å². The van der Waals surface area contributed by atoms with E-state index in [4.69, 9.17) is 0 Å². The molecule has 2 heteroatoms. The fourth-order valence-corrected chi connectivity index (χ4v) is 10.3. The topological polar surface area (TPSA) is 40.5 Å². The van der Waals surface area contributed by atoms with Crippen molar-refractivity contribution in [3.8, 4) is 0 Å². The van der Waals surface area contributed by atoms with Crippen LogP contribution in [0.25, 0.3) is 0 Å². The number of fused-ring (bicyclic) bond motifs is 5. The molecule has 0 saturated heterocycles. The van der Waals surface area contributed by atoms with E-state index in [1.54, 1.807) is 0 Å². The molecule has 186 valence electrons. The zero-order valence-corrected chi connectivity index (χ0v) is 22.4. The van der Waals surface area contributed by atoms with E-state index in [0.29, 0.717) is 10.8 Å². The highest BCUT2D eigenvalue weighted by Crippen LogP contribution is 2.70. The largest absolute Gasteiger partial charge is 0.390 e. The van der Waals surface area contributed by atoms with Crippen molar-refractivity contribution in [2.75, 3.05) is 0 Å². The zero-order chi connectivity index (χ0) is 23.5. The smallest absolute Gasteiger partial charge is 0.0648 e. The lowest BCUT2D eigenvalue weighted by atomic mass is 9.43. The van der Waals surface area contributed by atoms with Crippen LogP contribution in [0.4, 0.5) is 0 Å². The van der Waals surface area contributed by atoms with Gasteiger partial charge in [0, 0.05) is 0 Å². The number of rotatable bonds is 6. The fraction of sp³-hybridized carbons (Fsp3) is 1.00. The van der Waals surface area contributed by atoms with E-state index in [2.05, 4.69) is 34.6 Å². The summed E-state index contributed by atoms with van der Waals surface area (Å²) < 4.78 is 0. The first-order valence-corrected chi connectivity index (χ1v) is 14.3. The minimum absolute atomic E-state index is 0.383. The molecule has 10 atom stereocenters. The summed E-state index contributed by atoms with van der Waals surface area (Å²) in [6.45, 7) is 16.5. The second kappa shape index (κ2) is 8.54. The van der Waals surface area contributed by atoms with Crippen LogP contribution in [0, 0.1) is 52.3 Å². The Morgan fingerprint density at radius 1 is 1.00 bits per heavy atom. The summed E-state index contributed by atoms with van der Waals surface area (Å²) in [5.41, 5.74) is 0.0668. The van der Waals surface area contributed by atoms with Gasteiger partial charge in [-0.3, -0.25) is 0 Å². The highest BCUT2D eigenvalue weighted by Gasteiger charge is 2.62. The molecule has 2 nitrogen and oxygen atoms in total. The fourth-order valence-electron chi connectivity index (χ4n) is 10.3. The third-order valence-electron chi connectivity index (χ3n) is 12.0. The van der Waals surface area contributed by atoms with E-state index < -0.39 is 5.60 Å². The number of hydrogen-bond acceptors (Lipinski definition) is 2. The van der Waals surface area contributed by atoms with E-state index in [1.165, 1.54) is 44.9 Å². The van der Waals surface area contributed by atoms with Crippen LogP contribution in [0.15, 0.2) is 0 Å². The minimum Gasteiger partial charge on any atom is -0.390 e. The second-order valence-corrected chi connectivity index (χ2v) is 14.4. The molecule has 0 aromatic heterocycles. The molecule has 0 spiro atoms. The van der Waals surface area contributed by atoms with Crippen LogP contribution in [0.1, 0.15) is 126 Å². The second-order valence-electron chi connectivity index (χ2n) is 14.4. The predicted molar refractivity (Wildman–Crippen MR) is 134 cm³/mol. The molecule has 4 rings (SSSR count). The number of hydrogen-bond donors (Lipinski definition) is 2. The Balaban J connectivity index is 1.49. The van der Waals surface area contributed by atoms with Crippen LogP contribution >= 0.6 is 0 Å². The average Bonchev–Trinajstić information content (AvgIpc) is 2.97. The van der Waals surface area contributed by atoms with Crippen molar-refractivity contribution in [3.05, 3.63) is 0 Å². The van der Waals surface area contributed by atoms with Crippen molar-refractivity contribution in [2.24, 2.45) is 52.3 Å². The van der Waals surface area contributed by atoms with Crippen LogP contribution in [-0.4, -0.2) is 21.4 Å². The van der Waals surface area contributed by atoms with Crippen LogP contribution in [0.2, 0.25) is 0 Å². The summed E-state index contributed by atoms with van der Waals surface area (Å²) in [6, 6.07) is 0. The van der Waals surface area contributed by atoms with Gasteiger partial charge in [0.05, 0.1) is 11.2 Å². The molecule has 4 aliphatic rings. The highest BCUT2D eigenvalue weighted by atomic mass is 16.3. The van der Waals surface area contributed by atoms with Gasteiger partial charge in [-0.2, -0.15) is 0 Å². The van der Waals surface area contributed by atoms with Crippen LogP contribution < -0.4 is 0 Å². The van der Waals surface area contributed by atoms with E-state index in [-0.39, 0.29) is 5.60 Å². The molecule has 0 bridgehead atoms. The van der Waals surface area contributed by atoms with Crippen LogP contribution in [-0.2, 0) is 0 Å². The molecule has 0 aromatic carbocycles. The first-order chi connectivity index (χ1) is 14.8. The molecule has 0 radical (unpaired) electrons. The predicted octanol–water partition coefficient (Wildman–Crippen LogP) is 7.61. The molecule has 2 N–H and O–H groups in total. The van der Waals surface area contributed by atoms with Gasteiger partial charge in [0.15, 0.2) is 0 Å². The SMILES string of the molecule is CC[C@]1(O)CC[C@@]2(C)[C@@H](CCC3[C@@H]2CC[C@]2(C)[C@@H]([C@H](C)CCCC(C)(C)O)[C@H](C)C[C@@H]32)C1. The van der Waals surface area contributed by atoms with Gasteiger partial charge in [0.25, 0.3) is 0 Å². The van der Waals surface area contributed by atoms with Crippen LogP contribution in [0.5, 0.6) is 0 Å². The van der Waals surface area contributed by atoms with E-state index in [9.17, 15) is 10.2 Å². The highest BCUT2D eigenvalue weighted by molar-refractivity contribution is 5.11. The summed E-state index contributed by atoms with van der Waals surface area (Å²) in [5.74, 6) is 5.89. The molecule has 0 heterocycles. The molecule has 4 saturated carbocycles. The number of aliphatic hydroxyl groups is 2.